The van der Waals surface area contributed by atoms with E-state index in [1.165, 1.54) is 32.1 Å². The molecule has 0 aliphatic heterocycles. The van der Waals surface area contributed by atoms with E-state index in [2.05, 4.69) is 16.1 Å². The first kappa shape index (κ1) is 20.1. The molecule has 0 radical (unpaired) electrons. The molecule has 1 aromatic carbocycles. The van der Waals surface area contributed by atoms with Gasteiger partial charge in [0.2, 0.25) is 5.88 Å². The summed E-state index contributed by atoms with van der Waals surface area (Å²) in [7, 11) is 1.94. The monoisotopic (exact) mass is 383 g/mol. The molecule has 0 spiro atoms. The van der Waals surface area contributed by atoms with Gasteiger partial charge in [-0.1, -0.05) is 43.0 Å². The highest BCUT2D eigenvalue weighted by molar-refractivity contribution is 6.30. The third kappa shape index (κ3) is 5.91. The molecule has 0 amide bonds. The van der Waals surface area contributed by atoms with E-state index in [1.807, 2.05) is 31.3 Å². The van der Waals surface area contributed by atoms with Crippen molar-refractivity contribution in [2.75, 3.05) is 7.05 Å². The molecule has 6 heteroatoms. The molecule has 1 N–H and O–H groups in total. The van der Waals surface area contributed by atoms with E-state index in [0.29, 0.717) is 6.61 Å². The average molecular weight is 384 g/mol. The van der Waals surface area contributed by atoms with Gasteiger partial charge in [-0.2, -0.15) is 5.10 Å². The van der Waals surface area contributed by atoms with Crippen LogP contribution < -0.4 is 10.1 Å². The maximum atomic E-state index is 6.06. The Morgan fingerprint density at radius 3 is 2.60 bits per heavy atom. The van der Waals surface area contributed by atoms with Gasteiger partial charge in [0.15, 0.2) is 0 Å². The summed E-state index contributed by atoms with van der Waals surface area (Å²) in [6, 6.07) is 9.84. The van der Waals surface area contributed by atoms with E-state index in [9.17, 15) is 0 Å². The molecule has 0 bridgehead atoms. The fourth-order valence-electron chi connectivity index (χ4n) is 3.32. The van der Waals surface area contributed by atoms with E-state index < -0.39 is 0 Å². The smallest absolute Gasteiger partial charge is 0.212 e. The predicted molar refractivity (Wildman–Crippen MR) is 105 cm³/mol. The Hall–Kier alpha value is -1.23. The fraction of sp³-hybridized carbons (Fsp3) is 0.526. The van der Waals surface area contributed by atoms with Crippen molar-refractivity contribution in [1.82, 2.24) is 15.1 Å². The van der Waals surface area contributed by atoms with Gasteiger partial charge in [0.05, 0.1) is 5.69 Å². The molecule has 0 unspecified atom stereocenters. The first-order valence-corrected chi connectivity index (χ1v) is 9.21. The molecule has 1 saturated carbocycles. The second-order valence-corrected chi connectivity index (χ2v) is 7.04. The standard InChI is InChI=1S/C19H26ClN3O.ClH/c1-21-12-18-11-19(24-14-16-7-9-17(20)10-8-16)23(22-18)13-15-5-3-2-4-6-15;/h7-11,15,21H,2-6,12-14H2,1H3;1H. The zero-order valence-corrected chi connectivity index (χ0v) is 16.3. The second-order valence-electron chi connectivity index (χ2n) is 6.61. The lowest BCUT2D eigenvalue weighted by molar-refractivity contribution is 0.245. The first-order chi connectivity index (χ1) is 11.7. The molecule has 3 rings (SSSR count). The van der Waals surface area contributed by atoms with Crippen molar-refractivity contribution >= 4 is 24.0 Å². The molecule has 1 heterocycles. The molecular formula is C19H27Cl2N3O. The molecule has 1 aliphatic rings. The first-order valence-electron chi connectivity index (χ1n) is 8.83. The molecule has 2 aromatic rings. The van der Waals surface area contributed by atoms with Crippen LogP contribution in [-0.4, -0.2) is 16.8 Å². The van der Waals surface area contributed by atoms with Gasteiger partial charge in [0.25, 0.3) is 0 Å². The highest BCUT2D eigenvalue weighted by atomic mass is 35.5. The quantitative estimate of drug-likeness (QED) is 0.743. The summed E-state index contributed by atoms with van der Waals surface area (Å²) >= 11 is 5.94. The Kier molecular flexibility index (Phi) is 8.07. The minimum Gasteiger partial charge on any atom is -0.473 e. The number of nitrogens with one attached hydrogen (secondary N) is 1. The third-order valence-electron chi connectivity index (χ3n) is 4.61. The Morgan fingerprint density at radius 2 is 1.92 bits per heavy atom. The molecule has 1 fully saturated rings. The molecular weight excluding hydrogens is 357 g/mol. The molecule has 0 atom stereocenters. The van der Waals surface area contributed by atoms with Crippen molar-refractivity contribution in [1.29, 1.82) is 0 Å². The number of benzene rings is 1. The topological polar surface area (TPSA) is 39.1 Å². The summed E-state index contributed by atoms with van der Waals surface area (Å²) in [6.45, 7) is 2.25. The zero-order valence-electron chi connectivity index (χ0n) is 14.7. The van der Waals surface area contributed by atoms with Crippen LogP contribution >= 0.6 is 24.0 Å². The van der Waals surface area contributed by atoms with Gasteiger partial charge in [-0.3, -0.25) is 0 Å². The number of ether oxygens (including phenoxy) is 1. The van der Waals surface area contributed by atoms with Gasteiger partial charge < -0.3 is 10.1 Å². The van der Waals surface area contributed by atoms with Crippen LogP contribution in [-0.2, 0) is 19.7 Å². The van der Waals surface area contributed by atoms with Crippen LogP contribution in [0.5, 0.6) is 5.88 Å². The van der Waals surface area contributed by atoms with Crippen LogP contribution in [0.2, 0.25) is 5.02 Å². The number of rotatable bonds is 7. The Balaban J connectivity index is 0.00000225. The Labute approximate surface area is 161 Å². The van der Waals surface area contributed by atoms with E-state index >= 15 is 0 Å². The van der Waals surface area contributed by atoms with Gasteiger partial charge >= 0.3 is 0 Å². The fourth-order valence-corrected chi connectivity index (χ4v) is 3.44. The third-order valence-corrected chi connectivity index (χ3v) is 4.86. The van der Waals surface area contributed by atoms with Gasteiger partial charge in [-0.15, -0.1) is 12.4 Å². The molecule has 138 valence electrons. The number of hydrogen-bond acceptors (Lipinski definition) is 3. The SMILES string of the molecule is CNCc1cc(OCc2ccc(Cl)cc2)n(CC2CCCCC2)n1.Cl. The number of hydrogen-bond donors (Lipinski definition) is 1. The average Bonchev–Trinajstić information content (AvgIpc) is 2.97. The van der Waals surface area contributed by atoms with Crippen LogP contribution in [0.25, 0.3) is 0 Å². The van der Waals surface area contributed by atoms with Crippen LogP contribution in [0.3, 0.4) is 0 Å². The van der Waals surface area contributed by atoms with Crippen LogP contribution in [0.15, 0.2) is 30.3 Å². The van der Waals surface area contributed by atoms with E-state index in [-0.39, 0.29) is 12.4 Å². The number of nitrogens with zero attached hydrogens (tertiary/aromatic N) is 2. The summed E-state index contributed by atoms with van der Waals surface area (Å²) in [6.07, 6.45) is 6.67. The lowest BCUT2D eigenvalue weighted by Crippen LogP contribution is -2.16. The predicted octanol–water partition coefficient (Wildman–Crippen LogP) is 4.84. The van der Waals surface area contributed by atoms with Gasteiger partial charge in [0, 0.05) is 24.2 Å². The normalized spacial score (nSPS) is 15.0. The van der Waals surface area contributed by atoms with Crippen LogP contribution in [0.1, 0.15) is 43.4 Å². The maximum Gasteiger partial charge on any atom is 0.212 e. The van der Waals surface area contributed by atoms with Crippen molar-refractivity contribution < 1.29 is 4.74 Å². The van der Waals surface area contributed by atoms with Gasteiger partial charge in [0.1, 0.15) is 6.61 Å². The van der Waals surface area contributed by atoms with Crippen molar-refractivity contribution in [2.24, 2.45) is 5.92 Å². The summed E-state index contributed by atoms with van der Waals surface area (Å²) in [5.41, 5.74) is 2.14. The zero-order chi connectivity index (χ0) is 16.8. The highest BCUT2D eigenvalue weighted by Crippen LogP contribution is 2.27. The molecule has 1 aliphatic carbocycles. The molecule has 4 nitrogen and oxygen atoms in total. The molecule has 1 aromatic heterocycles. The molecule has 25 heavy (non-hydrogen) atoms. The Morgan fingerprint density at radius 1 is 1.20 bits per heavy atom. The van der Waals surface area contributed by atoms with Crippen molar-refractivity contribution in [2.45, 2.75) is 51.8 Å². The summed E-state index contributed by atoms with van der Waals surface area (Å²) in [4.78, 5) is 0. The van der Waals surface area contributed by atoms with Crippen LogP contribution in [0, 0.1) is 5.92 Å². The summed E-state index contributed by atoms with van der Waals surface area (Å²) in [5, 5.41) is 8.64. The van der Waals surface area contributed by atoms with Crippen molar-refractivity contribution in [3.05, 3.63) is 46.6 Å². The summed E-state index contributed by atoms with van der Waals surface area (Å²) in [5.74, 6) is 1.58. The van der Waals surface area contributed by atoms with E-state index in [1.54, 1.807) is 0 Å². The van der Waals surface area contributed by atoms with Gasteiger partial charge in [-0.05, 0) is 43.5 Å². The lowest BCUT2D eigenvalue weighted by atomic mass is 9.89. The van der Waals surface area contributed by atoms with E-state index in [4.69, 9.17) is 21.4 Å². The minimum atomic E-state index is 0. The minimum absolute atomic E-state index is 0. The van der Waals surface area contributed by atoms with Crippen molar-refractivity contribution in [3.63, 3.8) is 0 Å². The van der Waals surface area contributed by atoms with Gasteiger partial charge in [-0.25, -0.2) is 4.68 Å². The summed E-state index contributed by atoms with van der Waals surface area (Å²) < 4.78 is 8.12. The molecule has 0 saturated heterocycles. The largest absolute Gasteiger partial charge is 0.473 e. The van der Waals surface area contributed by atoms with Crippen LogP contribution in [0.4, 0.5) is 0 Å². The van der Waals surface area contributed by atoms with Crippen molar-refractivity contribution in [3.8, 4) is 5.88 Å². The lowest BCUT2D eigenvalue weighted by Gasteiger charge is -2.22. The Bertz CT molecular complexity index is 637. The van der Waals surface area contributed by atoms with E-state index in [0.717, 1.165) is 41.2 Å². The highest BCUT2D eigenvalue weighted by Gasteiger charge is 2.17. The number of halogens is 2. The number of aromatic nitrogens is 2. The maximum absolute atomic E-state index is 6.06. The second kappa shape index (κ2) is 10.0.